The van der Waals surface area contributed by atoms with Crippen LogP contribution in [-0.2, 0) is 0 Å². The third-order valence-electron chi connectivity index (χ3n) is 2.38. The maximum absolute atomic E-state index is 5.21. The fraction of sp³-hybridized carbons (Fsp3) is 0. The summed E-state index contributed by atoms with van der Waals surface area (Å²) in [7, 11) is 0. The molecule has 15 heavy (non-hydrogen) atoms. The predicted molar refractivity (Wildman–Crippen MR) is 57.2 cm³/mol. The van der Waals surface area contributed by atoms with E-state index in [0.717, 1.165) is 10.9 Å². The second kappa shape index (κ2) is 3.20. The maximum atomic E-state index is 5.21. The van der Waals surface area contributed by atoms with E-state index in [4.69, 9.17) is 4.42 Å². The molecule has 0 bridgehead atoms. The van der Waals surface area contributed by atoms with Crippen LogP contribution in [0, 0.1) is 0 Å². The first-order valence-corrected chi connectivity index (χ1v) is 4.69. The van der Waals surface area contributed by atoms with Gasteiger partial charge in [-0.15, -0.1) is 10.2 Å². The Kier molecular flexibility index (Phi) is 1.75. The van der Waals surface area contributed by atoms with Gasteiger partial charge in [-0.05, 0) is 16.8 Å². The molecular weight excluding hydrogens is 188 g/mol. The lowest BCUT2D eigenvalue weighted by molar-refractivity contribution is 0.569. The van der Waals surface area contributed by atoms with Crippen LogP contribution in [0.3, 0.4) is 0 Å². The third-order valence-corrected chi connectivity index (χ3v) is 2.38. The van der Waals surface area contributed by atoms with Crippen molar-refractivity contribution < 1.29 is 4.42 Å². The quantitative estimate of drug-likeness (QED) is 0.600. The summed E-state index contributed by atoms with van der Waals surface area (Å²) in [4.78, 5) is 0. The summed E-state index contributed by atoms with van der Waals surface area (Å²) in [6.07, 6.45) is 1.34. The van der Waals surface area contributed by atoms with Gasteiger partial charge in [-0.2, -0.15) is 0 Å². The minimum atomic E-state index is 0.562. The highest BCUT2D eigenvalue weighted by atomic mass is 16.4. The number of nitrogens with zero attached hydrogens (tertiary/aromatic N) is 2. The van der Waals surface area contributed by atoms with E-state index in [2.05, 4.69) is 28.4 Å². The molecule has 0 aliphatic heterocycles. The molecule has 3 aromatic rings. The molecular formula is C12H8N2O. The Balaban J connectivity index is 2.36. The molecule has 3 rings (SSSR count). The number of benzene rings is 2. The average molecular weight is 196 g/mol. The molecule has 1 heterocycles. The summed E-state index contributed by atoms with van der Waals surface area (Å²) in [6.45, 7) is 0. The summed E-state index contributed by atoms with van der Waals surface area (Å²) < 4.78 is 5.21. The zero-order valence-corrected chi connectivity index (χ0v) is 7.92. The molecule has 0 atom stereocenters. The molecule has 0 aliphatic rings. The van der Waals surface area contributed by atoms with Crippen LogP contribution in [0.25, 0.3) is 22.2 Å². The first kappa shape index (κ1) is 8.17. The van der Waals surface area contributed by atoms with Crippen molar-refractivity contribution in [1.29, 1.82) is 0 Å². The number of fused-ring (bicyclic) bond motifs is 1. The van der Waals surface area contributed by atoms with Crippen molar-refractivity contribution in [3.8, 4) is 11.5 Å². The summed E-state index contributed by atoms with van der Waals surface area (Å²) in [5, 5.41) is 9.91. The standard InChI is InChI=1S/C12H8N2O/c1-2-6-10-9(4-1)5-3-7-11(10)12-14-13-8-15-12/h1-8H. The Morgan fingerprint density at radius 3 is 2.67 bits per heavy atom. The summed E-state index contributed by atoms with van der Waals surface area (Å²) in [5.41, 5.74) is 0.977. The van der Waals surface area contributed by atoms with Crippen LogP contribution in [0.1, 0.15) is 0 Å². The van der Waals surface area contributed by atoms with Crippen molar-refractivity contribution >= 4 is 10.8 Å². The average Bonchev–Trinajstić information content (AvgIpc) is 2.82. The van der Waals surface area contributed by atoms with Gasteiger partial charge in [0.1, 0.15) is 0 Å². The molecule has 3 nitrogen and oxygen atoms in total. The smallest absolute Gasteiger partial charge is 0.248 e. The van der Waals surface area contributed by atoms with E-state index >= 15 is 0 Å². The first-order chi connectivity index (χ1) is 7.45. The van der Waals surface area contributed by atoms with Gasteiger partial charge in [-0.25, -0.2) is 0 Å². The maximum Gasteiger partial charge on any atom is 0.248 e. The molecule has 1 aromatic heterocycles. The summed E-state index contributed by atoms with van der Waals surface area (Å²) >= 11 is 0. The number of aromatic nitrogens is 2. The van der Waals surface area contributed by atoms with Crippen molar-refractivity contribution in [2.75, 3.05) is 0 Å². The van der Waals surface area contributed by atoms with Crippen molar-refractivity contribution in [1.82, 2.24) is 10.2 Å². The van der Waals surface area contributed by atoms with Gasteiger partial charge < -0.3 is 4.42 Å². The van der Waals surface area contributed by atoms with E-state index in [-0.39, 0.29) is 0 Å². The van der Waals surface area contributed by atoms with Crippen LogP contribution in [0.5, 0.6) is 0 Å². The minimum Gasteiger partial charge on any atom is -0.423 e. The Morgan fingerprint density at radius 1 is 0.933 bits per heavy atom. The van der Waals surface area contributed by atoms with Crippen LogP contribution in [0.15, 0.2) is 53.3 Å². The first-order valence-electron chi connectivity index (χ1n) is 4.69. The molecule has 3 heteroatoms. The zero-order chi connectivity index (χ0) is 10.1. The second-order valence-corrected chi connectivity index (χ2v) is 3.27. The summed E-state index contributed by atoms with van der Waals surface area (Å²) in [5.74, 6) is 0.562. The fourth-order valence-corrected chi connectivity index (χ4v) is 1.70. The van der Waals surface area contributed by atoms with E-state index in [9.17, 15) is 0 Å². The van der Waals surface area contributed by atoms with Gasteiger partial charge >= 0.3 is 0 Å². The molecule has 0 saturated heterocycles. The van der Waals surface area contributed by atoms with Crippen molar-refractivity contribution in [2.45, 2.75) is 0 Å². The highest BCUT2D eigenvalue weighted by molar-refractivity contribution is 5.94. The van der Waals surface area contributed by atoms with Crippen LogP contribution >= 0.6 is 0 Å². The Hall–Kier alpha value is -2.16. The lowest BCUT2D eigenvalue weighted by atomic mass is 10.0. The van der Waals surface area contributed by atoms with Gasteiger partial charge in [0.05, 0.1) is 0 Å². The molecule has 0 saturated carbocycles. The Bertz CT molecular complexity index is 582. The van der Waals surface area contributed by atoms with Gasteiger partial charge in [-0.1, -0.05) is 36.4 Å². The van der Waals surface area contributed by atoms with E-state index in [1.807, 2.05) is 24.3 Å². The second-order valence-electron chi connectivity index (χ2n) is 3.27. The number of hydrogen-bond acceptors (Lipinski definition) is 3. The van der Waals surface area contributed by atoms with Gasteiger partial charge in [-0.3, -0.25) is 0 Å². The van der Waals surface area contributed by atoms with Crippen molar-refractivity contribution in [3.05, 3.63) is 48.9 Å². The minimum absolute atomic E-state index is 0.562. The van der Waals surface area contributed by atoms with E-state index in [1.54, 1.807) is 0 Å². The van der Waals surface area contributed by atoms with Gasteiger partial charge in [0.2, 0.25) is 12.3 Å². The van der Waals surface area contributed by atoms with E-state index in [0.29, 0.717) is 5.89 Å². The van der Waals surface area contributed by atoms with E-state index < -0.39 is 0 Å². The fourth-order valence-electron chi connectivity index (χ4n) is 1.70. The van der Waals surface area contributed by atoms with Crippen LogP contribution in [-0.4, -0.2) is 10.2 Å². The van der Waals surface area contributed by atoms with Crippen LogP contribution in [0.4, 0.5) is 0 Å². The molecule has 0 unspecified atom stereocenters. The van der Waals surface area contributed by atoms with E-state index in [1.165, 1.54) is 11.8 Å². The number of hydrogen-bond donors (Lipinski definition) is 0. The molecule has 0 aliphatic carbocycles. The highest BCUT2D eigenvalue weighted by Crippen LogP contribution is 2.26. The molecule has 0 N–H and O–H groups in total. The molecule has 72 valence electrons. The SMILES string of the molecule is c1ccc2c(-c3nnco3)cccc2c1. The van der Waals surface area contributed by atoms with Gasteiger partial charge in [0.15, 0.2) is 0 Å². The largest absolute Gasteiger partial charge is 0.423 e. The third kappa shape index (κ3) is 1.29. The molecule has 2 aromatic carbocycles. The van der Waals surface area contributed by atoms with Crippen LogP contribution in [0.2, 0.25) is 0 Å². The van der Waals surface area contributed by atoms with Crippen molar-refractivity contribution in [2.24, 2.45) is 0 Å². The highest BCUT2D eigenvalue weighted by Gasteiger charge is 2.06. The lowest BCUT2D eigenvalue weighted by Gasteiger charge is -2.01. The molecule has 0 radical (unpaired) electrons. The lowest BCUT2D eigenvalue weighted by Crippen LogP contribution is -1.80. The monoisotopic (exact) mass is 196 g/mol. The zero-order valence-electron chi connectivity index (χ0n) is 7.92. The van der Waals surface area contributed by atoms with Gasteiger partial charge in [0.25, 0.3) is 0 Å². The normalized spacial score (nSPS) is 10.7. The Morgan fingerprint density at radius 2 is 1.80 bits per heavy atom. The van der Waals surface area contributed by atoms with Crippen LogP contribution < -0.4 is 0 Å². The summed E-state index contributed by atoms with van der Waals surface area (Å²) in [6, 6.07) is 14.2. The predicted octanol–water partition coefficient (Wildman–Crippen LogP) is 2.89. The topological polar surface area (TPSA) is 38.9 Å². The van der Waals surface area contributed by atoms with Crippen molar-refractivity contribution in [3.63, 3.8) is 0 Å². The number of rotatable bonds is 1. The molecule has 0 amide bonds. The molecule has 0 fully saturated rings. The Labute approximate surface area is 86.4 Å². The van der Waals surface area contributed by atoms with Gasteiger partial charge in [0, 0.05) is 5.56 Å². The molecule has 0 spiro atoms.